The molecule has 0 saturated carbocycles. The lowest BCUT2D eigenvalue weighted by atomic mass is 10.0. The first-order valence-corrected chi connectivity index (χ1v) is 12.3. The van der Waals surface area contributed by atoms with E-state index in [0.717, 1.165) is 13.0 Å². The minimum absolute atomic E-state index is 0.161. The van der Waals surface area contributed by atoms with Gasteiger partial charge in [0.25, 0.3) is 10.0 Å². The molecule has 0 aliphatic heterocycles. The second-order valence-corrected chi connectivity index (χ2v) is 9.94. The molecule has 0 bridgehead atoms. The molecule has 0 radical (unpaired) electrons. The van der Waals surface area contributed by atoms with E-state index in [0.29, 0.717) is 35.2 Å². The first kappa shape index (κ1) is 23.1. The van der Waals surface area contributed by atoms with E-state index < -0.39 is 10.0 Å². The zero-order valence-electron chi connectivity index (χ0n) is 19.3. The van der Waals surface area contributed by atoms with Crippen molar-refractivity contribution in [1.29, 1.82) is 0 Å². The Morgan fingerprint density at radius 2 is 1.71 bits per heavy atom. The molecule has 0 unspecified atom stereocenters. The van der Waals surface area contributed by atoms with Crippen LogP contribution in [0, 0.1) is 13.8 Å². The lowest BCUT2D eigenvalue weighted by molar-refractivity contribution is 0.576. The fraction of sp³-hybridized carbons (Fsp3) is 0.478. The predicted octanol–water partition coefficient (Wildman–Crippen LogP) is 4.65. The van der Waals surface area contributed by atoms with Gasteiger partial charge in [0.1, 0.15) is 4.90 Å². The lowest BCUT2D eigenvalue weighted by Crippen LogP contribution is -2.31. The van der Waals surface area contributed by atoms with Crippen LogP contribution in [0.15, 0.2) is 41.4 Å². The van der Waals surface area contributed by atoms with Gasteiger partial charge in [0.05, 0.1) is 29.3 Å². The van der Waals surface area contributed by atoms with Crippen LogP contribution in [0.4, 0.5) is 5.69 Å². The average Bonchev–Trinajstić information content (AvgIpc) is 3.30. The molecule has 0 aliphatic carbocycles. The summed E-state index contributed by atoms with van der Waals surface area (Å²) in [5.41, 5.74) is 3.68. The highest BCUT2D eigenvalue weighted by atomic mass is 32.2. The molecule has 0 spiro atoms. The molecule has 8 heteroatoms. The van der Waals surface area contributed by atoms with Gasteiger partial charge in [-0.3, -0.25) is 13.7 Å². The maximum absolute atomic E-state index is 13.9. The van der Waals surface area contributed by atoms with Gasteiger partial charge in [-0.25, -0.2) is 8.42 Å². The van der Waals surface area contributed by atoms with Crippen LogP contribution in [0.3, 0.4) is 0 Å². The molecule has 3 rings (SSSR count). The summed E-state index contributed by atoms with van der Waals surface area (Å²) in [7, 11) is -3.84. The standard InChI is InChI=1S/C23H33N5O2S/c1-7-14-27-19(6)23(18(5)24-27)31(29,30)28(16-21-13-15-26(8-2)25-21)22-11-9-20(10-12-22)17(3)4/h9-13,15,17H,7-8,14,16H2,1-6H3. The Labute approximate surface area is 185 Å². The molecule has 0 amide bonds. The smallest absolute Gasteiger partial charge is 0.268 e. The van der Waals surface area contributed by atoms with E-state index in [9.17, 15) is 8.42 Å². The van der Waals surface area contributed by atoms with Gasteiger partial charge in [0.15, 0.2) is 0 Å². The molecular weight excluding hydrogens is 410 g/mol. The summed E-state index contributed by atoms with van der Waals surface area (Å²) in [6.45, 7) is 13.5. The summed E-state index contributed by atoms with van der Waals surface area (Å²) in [6.07, 6.45) is 2.76. The lowest BCUT2D eigenvalue weighted by Gasteiger charge is -2.24. The van der Waals surface area contributed by atoms with Gasteiger partial charge in [-0.1, -0.05) is 32.9 Å². The number of benzene rings is 1. The summed E-state index contributed by atoms with van der Waals surface area (Å²) in [4.78, 5) is 0.281. The molecule has 7 nitrogen and oxygen atoms in total. The minimum Gasteiger partial charge on any atom is -0.273 e. The molecule has 168 valence electrons. The molecule has 31 heavy (non-hydrogen) atoms. The van der Waals surface area contributed by atoms with Crippen molar-refractivity contribution < 1.29 is 8.42 Å². The van der Waals surface area contributed by atoms with E-state index in [-0.39, 0.29) is 11.4 Å². The van der Waals surface area contributed by atoms with Gasteiger partial charge >= 0.3 is 0 Å². The zero-order chi connectivity index (χ0) is 22.8. The molecule has 2 aromatic heterocycles. The Kier molecular flexibility index (Phi) is 6.89. The number of nitrogens with zero attached hydrogens (tertiary/aromatic N) is 5. The highest BCUT2D eigenvalue weighted by Gasteiger charge is 2.32. The molecule has 1 aromatic carbocycles. The predicted molar refractivity (Wildman–Crippen MR) is 124 cm³/mol. The van der Waals surface area contributed by atoms with Crippen molar-refractivity contribution in [1.82, 2.24) is 19.6 Å². The highest BCUT2D eigenvalue weighted by molar-refractivity contribution is 7.92. The van der Waals surface area contributed by atoms with Crippen LogP contribution in [0.25, 0.3) is 0 Å². The Morgan fingerprint density at radius 1 is 1.03 bits per heavy atom. The first-order valence-electron chi connectivity index (χ1n) is 10.9. The Hall–Kier alpha value is -2.61. The van der Waals surface area contributed by atoms with Crippen LogP contribution < -0.4 is 4.31 Å². The van der Waals surface area contributed by atoms with Crippen molar-refractivity contribution in [3.8, 4) is 0 Å². The number of aryl methyl sites for hydroxylation is 3. The summed E-state index contributed by atoms with van der Waals surface area (Å²) >= 11 is 0. The molecule has 0 atom stereocenters. The Bertz CT molecular complexity index is 1130. The van der Waals surface area contributed by atoms with E-state index >= 15 is 0 Å². The number of aromatic nitrogens is 4. The summed E-state index contributed by atoms with van der Waals surface area (Å²) in [5.74, 6) is 0.371. The quantitative estimate of drug-likeness (QED) is 0.483. The van der Waals surface area contributed by atoms with Crippen LogP contribution in [-0.4, -0.2) is 28.0 Å². The fourth-order valence-corrected chi connectivity index (χ4v) is 5.56. The van der Waals surface area contributed by atoms with Crippen molar-refractivity contribution in [2.24, 2.45) is 0 Å². The van der Waals surface area contributed by atoms with E-state index in [4.69, 9.17) is 0 Å². The molecule has 0 aliphatic rings. The Morgan fingerprint density at radius 3 is 2.26 bits per heavy atom. The van der Waals surface area contributed by atoms with Crippen LogP contribution in [-0.2, 0) is 29.7 Å². The van der Waals surface area contributed by atoms with Crippen LogP contribution in [0.1, 0.15) is 62.7 Å². The van der Waals surface area contributed by atoms with Crippen molar-refractivity contribution in [3.63, 3.8) is 0 Å². The van der Waals surface area contributed by atoms with Crippen LogP contribution >= 0.6 is 0 Å². The maximum Gasteiger partial charge on any atom is 0.268 e. The molecule has 0 N–H and O–H groups in total. The third-order valence-corrected chi connectivity index (χ3v) is 7.50. The largest absolute Gasteiger partial charge is 0.273 e. The number of sulfonamides is 1. The van der Waals surface area contributed by atoms with Gasteiger partial charge in [-0.05, 0) is 56.9 Å². The van der Waals surface area contributed by atoms with Crippen molar-refractivity contribution in [3.05, 3.63) is 59.2 Å². The van der Waals surface area contributed by atoms with E-state index in [1.165, 1.54) is 9.87 Å². The van der Waals surface area contributed by atoms with Gasteiger partial charge in [0.2, 0.25) is 0 Å². The topological polar surface area (TPSA) is 73.0 Å². The van der Waals surface area contributed by atoms with Crippen molar-refractivity contribution >= 4 is 15.7 Å². The van der Waals surface area contributed by atoms with E-state index in [2.05, 4.69) is 31.0 Å². The SMILES string of the molecule is CCCn1nc(C)c(S(=O)(=O)N(Cc2ccn(CC)n2)c2ccc(C(C)C)cc2)c1C. The maximum atomic E-state index is 13.9. The minimum atomic E-state index is -3.84. The number of hydrogen-bond donors (Lipinski definition) is 0. The van der Waals surface area contributed by atoms with Gasteiger partial charge in [0, 0.05) is 19.3 Å². The van der Waals surface area contributed by atoms with Gasteiger partial charge in [-0.2, -0.15) is 10.2 Å². The van der Waals surface area contributed by atoms with Gasteiger partial charge < -0.3 is 0 Å². The van der Waals surface area contributed by atoms with Crippen LogP contribution in [0.2, 0.25) is 0 Å². The second kappa shape index (κ2) is 9.26. The number of rotatable bonds is 9. The highest BCUT2D eigenvalue weighted by Crippen LogP contribution is 2.30. The van der Waals surface area contributed by atoms with Gasteiger partial charge in [-0.15, -0.1) is 0 Å². The molecule has 0 saturated heterocycles. The van der Waals surface area contributed by atoms with E-state index in [1.807, 2.05) is 50.4 Å². The third-order valence-electron chi connectivity index (χ3n) is 5.47. The average molecular weight is 444 g/mol. The summed E-state index contributed by atoms with van der Waals surface area (Å²) in [6, 6.07) is 9.62. The summed E-state index contributed by atoms with van der Waals surface area (Å²) < 4.78 is 32.9. The summed E-state index contributed by atoms with van der Waals surface area (Å²) in [5, 5.41) is 9.01. The number of hydrogen-bond acceptors (Lipinski definition) is 4. The second-order valence-electron chi connectivity index (χ2n) is 8.14. The fourth-order valence-electron chi connectivity index (χ4n) is 3.75. The molecule has 2 heterocycles. The van der Waals surface area contributed by atoms with Crippen LogP contribution in [0.5, 0.6) is 0 Å². The molecule has 3 aromatic rings. The van der Waals surface area contributed by atoms with E-state index in [1.54, 1.807) is 16.3 Å². The third kappa shape index (κ3) is 4.69. The number of anilines is 1. The van der Waals surface area contributed by atoms with Crippen molar-refractivity contribution in [2.45, 2.75) is 78.4 Å². The zero-order valence-corrected chi connectivity index (χ0v) is 20.1. The monoisotopic (exact) mass is 443 g/mol. The van der Waals surface area contributed by atoms with Crippen molar-refractivity contribution in [2.75, 3.05) is 4.31 Å². The Balaban J connectivity index is 2.10. The first-order chi connectivity index (χ1) is 14.7. The normalized spacial score (nSPS) is 12.0. The molecule has 0 fully saturated rings. The molecular formula is C23H33N5O2S.